The second-order valence-electron chi connectivity index (χ2n) is 6.92. The molecule has 1 N–H and O–H groups in total. The maximum Gasteiger partial charge on any atom is 0.169 e. The molecular weight excluding hydrogens is 363 g/mol. The highest BCUT2D eigenvalue weighted by Gasteiger charge is 2.17. The van der Waals surface area contributed by atoms with Gasteiger partial charge in [-0.25, -0.2) is 14.4 Å². The molecule has 0 saturated carbocycles. The summed E-state index contributed by atoms with van der Waals surface area (Å²) in [5, 5.41) is 12.5. The van der Waals surface area contributed by atoms with Crippen molar-refractivity contribution >= 4 is 11.3 Å². The Bertz CT molecular complexity index is 868. The van der Waals surface area contributed by atoms with Crippen LogP contribution in [-0.4, -0.2) is 50.3 Å². The second-order valence-corrected chi connectivity index (χ2v) is 7.77. The Kier molecular flexibility index (Phi) is 5.61. The van der Waals surface area contributed by atoms with E-state index in [-0.39, 0.29) is 11.9 Å². The summed E-state index contributed by atoms with van der Waals surface area (Å²) < 4.78 is 15.3. The lowest BCUT2D eigenvalue weighted by Gasteiger charge is -2.29. The molecule has 0 aliphatic carbocycles. The molecule has 1 aromatic carbocycles. The van der Waals surface area contributed by atoms with Crippen LogP contribution in [0.4, 0.5) is 4.39 Å². The monoisotopic (exact) mass is 386 g/mol. The van der Waals surface area contributed by atoms with Crippen molar-refractivity contribution in [3.8, 4) is 22.1 Å². The van der Waals surface area contributed by atoms with Gasteiger partial charge in [-0.3, -0.25) is 0 Å². The molecule has 0 radical (unpaired) electrons. The lowest BCUT2D eigenvalue weighted by atomic mass is 10.1. The van der Waals surface area contributed by atoms with Crippen LogP contribution in [0.5, 0.6) is 0 Å². The highest BCUT2D eigenvalue weighted by atomic mass is 32.1. The average Bonchev–Trinajstić information content (AvgIpc) is 3.33. The molecule has 1 fully saturated rings. The molecule has 0 unspecified atom stereocenters. The Hall–Kier alpha value is -2.09. The van der Waals surface area contributed by atoms with E-state index in [1.165, 1.54) is 12.1 Å². The average molecular weight is 386 g/mol. The van der Waals surface area contributed by atoms with Gasteiger partial charge in [-0.05, 0) is 50.1 Å². The van der Waals surface area contributed by atoms with Crippen molar-refractivity contribution in [2.24, 2.45) is 0 Å². The molecule has 0 atom stereocenters. The van der Waals surface area contributed by atoms with Crippen LogP contribution in [0.1, 0.15) is 19.3 Å². The number of halogens is 1. The largest absolute Gasteiger partial charge is 0.393 e. The van der Waals surface area contributed by atoms with Crippen molar-refractivity contribution in [1.29, 1.82) is 0 Å². The van der Waals surface area contributed by atoms with Gasteiger partial charge in [0.25, 0.3) is 0 Å². The first-order valence-corrected chi connectivity index (χ1v) is 10.2. The van der Waals surface area contributed by atoms with Crippen molar-refractivity contribution in [1.82, 2.24) is 19.4 Å². The molecule has 0 spiro atoms. The van der Waals surface area contributed by atoms with E-state index in [2.05, 4.69) is 14.5 Å². The minimum atomic E-state index is -0.243. The number of piperidine rings is 1. The van der Waals surface area contributed by atoms with E-state index in [1.54, 1.807) is 23.5 Å². The number of aryl methyl sites for hydroxylation is 1. The lowest BCUT2D eigenvalue weighted by Crippen LogP contribution is -2.36. The van der Waals surface area contributed by atoms with Crippen molar-refractivity contribution in [3.05, 3.63) is 47.9 Å². The summed E-state index contributed by atoms with van der Waals surface area (Å²) in [5.41, 5.74) is 1.75. The van der Waals surface area contributed by atoms with Crippen LogP contribution >= 0.6 is 11.3 Å². The Labute approximate surface area is 162 Å². The van der Waals surface area contributed by atoms with E-state index in [0.717, 1.165) is 67.5 Å². The van der Waals surface area contributed by atoms with Gasteiger partial charge in [0, 0.05) is 43.0 Å². The Morgan fingerprint density at radius 2 is 1.93 bits per heavy atom. The summed E-state index contributed by atoms with van der Waals surface area (Å²) in [5.74, 6) is 0.635. The first-order chi connectivity index (χ1) is 13.2. The number of hydrogen-bond acceptors (Lipinski definition) is 5. The Morgan fingerprint density at radius 3 is 2.70 bits per heavy atom. The molecule has 5 nitrogen and oxygen atoms in total. The van der Waals surface area contributed by atoms with Crippen LogP contribution < -0.4 is 0 Å². The van der Waals surface area contributed by atoms with Gasteiger partial charge in [0.15, 0.2) is 10.8 Å². The summed E-state index contributed by atoms with van der Waals surface area (Å²) in [6.45, 7) is 3.87. The predicted molar refractivity (Wildman–Crippen MR) is 105 cm³/mol. The predicted octanol–water partition coefficient (Wildman–Crippen LogP) is 3.66. The number of benzene rings is 1. The molecule has 7 heteroatoms. The molecule has 2 aromatic heterocycles. The van der Waals surface area contributed by atoms with Crippen LogP contribution in [0, 0.1) is 5.82 Å². The minimum Gasteiger partial charge on any atom is -0.393 e. The SMILES string of the molecule is OC1CCN(CCCn2ccnc2-c2nc(-c3ccc(F)cc3)cs2)CC1. The van der Waals surface area contributed by atoms with E-state index < -0.39 is 0 Å². The number of rotatable bonds is 6. The molecule has 0 amide bonds. The number of likely N-dealkylation sites (tertiary alicyclic amines) is 1. The Morgan fingerprint density at radius 1 is 1.15 bits per heavy atom. The van der Waals surface area contributed by atoms with Gasteiger partial charge in [-0.1, -0.05) is 0 Å². The van der Waals surface area contributed by atoms with Gasteiger partial charge in [0.1, 0.15) is 5.82 Å². The third-order valence-corrected chi connectivity index (χ3v) is 5.82. The standard InChI is InChI=1S/C20H23FN4OS/c21-16-4-2-15(3-5-16)18-14-27-20(23-18)19-22-8-13-25(19)10-1-9-24-11-6-17(26)7-12-24/h2-5,8,13-14,17,26H,1,6-7,9-12H2. The van der Waals surface area contributed by atoms with Gasteiger partial charge in [-0.2, -0.15) is 0 Å². The number of aliphatic hydroxyl groups excluding tert-OH is 1. The topological polar surface area (TPSA) is 54.2 Å². The van der Waals surface area contributed by atoms with Gasteiger partial charge in [-0.15, -0.1) is 11.3 Å². The molecule has 4 rings (SSSR count). The molecule has 27 heavy (non-hydrogen) atoms. The lowest BCUT2D eigenvalue weighted by molar-refractivity contribution is 0.0815. The molecule has 142 valence electrons. The third-order valence-electron chi connectivity index (χ3n) is 4.98. The van der Waals surface area contributed by atoms with Gasteiger partial charge in [0.05, 0.1) is 11.8 Å². The zero-order valence-electron chi connectivity index (χ0n) is 15.1. The highest BCUT2D eigenvalue weighted by Crippen LogP contribution is 2.28. The zero-order chi connectivity index (χ0) is 18.6. The second kappa shape index (κ2) is 8.29. The van der Waals surface area contributed by atoms with Crippen LogP contribution in [-0.2, 0) is 6.54 Å². The fraction of sp³-hybridized carbons (Fsp3) is 0.400. The van der Waals surface area contributed by atoms with Gasteiger partial charge in [0.2, 0.25) is 0 Å². The van der Waals surface area contributed by atoms with E-state index in [0.29, 0.717) is 0 Å². The zero-order valence-corrected chi connectivity index (χ0v) is 15.9. The van der Waals surface area contributed by atoms with E-state index >= 15 is 0 Å². The van der Waals surface area contributed by atoms with Crippen molar-refractivity contribution < 1.29 is 9.50 Å². The fourth-order valence-electron chi connectivity index (χ4n) is 3.42. The summed E-state index contributed by atoms with van der Waals surface area (Å²) in [7, 11) is 0. The number of hydrogen-bond donors (Lipinski definition) is 1. The molecule has 1 aliphatic heterocycles. The smallest absolute Gasteiger partial charge is 0.169 e. The quantitative estimate of drug-likeness (QED) is 0.702. The first-order valence-electron chi connectivity index (χ1n) is 9.32. The maximum absolute atomic E-state index is 13.1. The molecule has 1 aliphatic rings. The number of imidazole rings is 1. The number of thiazole rings is 1. The van der Waals surface area contributed by atoms with Crippen LogP contribution in [0.3, 0.4) is 0 Å². The molecular formula is C20H23FN4OS. The summed E-state index contributed by atoms with van der Waals surface area (Å²) >= 11 is 1.56. The highest BCUT2D eigenvalue weighted by molar-refractivity contribution is 7.13. The van der Waals surface area contributed by atoms with E-state index in [4.69, 9.17) is 4.98 Å². The molecule has 1 saturated heterocycles. The number of aliphatic hydroxyl groups is 1. The van der Waals surface area contributed by atoms with E-state index in [9.17, 15) is 9.50 Å². The molecule has 3 aromatic rings. The van der Waals surface area contributed by atoms with Crippen LogP contribution in [0.15, 0.2) is 42.0 Å². The normalized spacial score (nSPS) is 16.1. The van der Waals surface area contributed by atoms with Gasteiger partial charge >= 0.3 is 0 Å². The number of aromatic nitrogens is 3. The van der Waals surface area contributed by atoms with Crippen molar-refractivity contribution in [2.75, 3.05) is 19.6 Å². The number of nitrogens with zero attached hydrogens (tertiary/aromatic N) is 4. The third kappa shape index (κ3) is 4.43. The fourth-order valence-corrected chi connectivity index (χ4v) is 4.26. The summed E-state index contributed by atoms with van der Waals surface area (Å²) in [6, 6.07) is 6.40. The molecule has 3 heterocycles. The maximum atomic E-state index is 13.1. The van der Waals surface area contributed by atoms with Gasteiger partial charge < -0.3 is 14.6 Å². The van der Waals surface area contributed by atoms with Crippen LogP contribution in [0.25, 0.3) is 22.1 Å². The minimum absolute atomic E-state index is 0.123. The molecule has 0 bridgehead atoms. The first kappa shape index (κ1) is 18.3. The van der Waals surface area contributed by atoms with Crippen LogP contribution in [0.2, 0.25) is 0 Å². The summed E-state index contributed by atoms with van der Waals surface area (Å²) in [4.78, 5) is 11.6. The summed E-state index contributed by atoms with van der Waals surface area (Å²) in [6.07, 6.45) is 6.47. The van der Waals surface area contributed by atoms with Crippen molar-refractivity contribution in [3.63, 3.8) is 0 Å². The Balaban J connectivity index is 1.39. The van der Waals surface area contributed by atoms with E-state index in [1.807, 2.05) is 17.8 Å². The van der Waals surface area contributed by atoms with Crippen molar-refractivity contribution in [2.45, 2.75) is 31.9 Å².